The minimum atomic E-state index is -0.893. The lowest BCUT2D eigenvalue weighted by Crippen LogP contribution is -2.48. The summed E-state index contributed by atoms with van der Waals surface area (Å²) >= 11 is 0. The van der Waals surface area contributed by atoms with Gasteiger partial charge in [-0.3, -0.25) is 4.79 Å². The number of aliphatic carboxylic acids is 1. The largest absolute Gasteiger partial charge is 0.480 e. The fourth-order valence-corrected chi connectivity index (χ4v) is 1.88. The average molecular weight is 214 g/mol. The molecule has 1 saturated heterocycles. The number of nitrogens with zero attached hydrogens (tertiary/aromatic N) is 1. The molecule has 0 aliphatic carbocycles. The Hall–Kier alpha value is -1.10. The lowest BCUT2D eigenvalue weighted by Gasteiger charge is -2.33. The third-order valence-electron chi connectivity index (χ3n) is 2.70. The van der Waals surface area contributed by atoms with Gasteiger partial charge in [-0.15, -0.1) is 0 Å². The second-order valence-electron chi connectivity index (χ2n) is 3.83. The van der Waals surface area contributed by atoms with Gasteiger partial charge in [-0.05, 0) is 32.2 Å². The molecule has 0 bridgehead atoms. The highest BCUT2D eigenvalue weighted by atomic mass is 16.4. The van der Waals surface area contributed by atoms with Crippen LogP contribution in [0.2, 0.25) is 0 Å². The van der Waals surface area contributed by atoms with E-state index in [4.69, 9.17) is 10.8 Å². The fourth-order valence-electron chi connectivity index (χ4n) is 1.88. The first-order valence-corrected chi connectivity index (χ1v) is 5.39. The molecule has 1 amide bonds. The Kier molecular flexibility index (Phi) is 4.55. The molecule has 1 atom stereocenters. The zero-order valence-electron chi connectivity index (χ0n) is 8.82. The van der Waals surface area contributed by atoms with Crippen LogP contribution in [-0.4, -0.2) is 41.0 Å². The van der Waals surface area contributed by atoms with E-state index in [2.05, 4.69) is 0 Å². The molecule has 1 aliphatic rings. The molecule has 0 radical (unpaired) electrons. The Morgan fingerprint density at radius 1 is 1.40 bits per heavy atom. The summed E-state index contributed by atoms with van der Waals surface area (Å²) in [5.41, 5.74) is 5.31. The molecule has 1 aliphatic heterocycles. The van der Waals surface area contributed by atoms with Gasteiger partial charge in [0.05, 0.1) is 0 Å². The summed E-state index contributed by atoms with van der Waals surface area (Å²) in [6.45, 7) is 1.04. The van der Waals surface area contributed by atoms with Crippen molar-refractivity contribution in [3.05, 3.63) is 0 Å². The van der Waals surface area contributed by atoms with E-state index < -0.39 is 12.0 Å². The predicted molar refractivity (Wildman–Crippen MR) is 55.3 cm³/mol. The van der Waals surface area contributed by atoms with Gasteiger partial charge in [-0.1, -0.05) is 0 Å². The average Bonchev–Trinajstić information content (AvgIpc) is 2.25. The van der Waals surface area contributed by atoms with Crippen molar-refractivity contribution in [2.45, 2.75) is 38.1 Å². The molecule has 5 heteroatoms. The van der Waals surface area contributed by atoms with Crippen molar-refractivity contribution in [3.63, 3.8) is 0 Å². The molecule has 1 rings (SSSR count). The normalized spacial score (nSPS) is 21.4. The topological polar surface area (TPSA) is 83.6 Å². The second-order valence-corrected chi connectivity index (χ2v) is 3.83. The number of hydrogen-bond acceptors (Lipinski definition) is 3. The molecule has 1 fully saturated rings. The highest BCUT2D eigenvalue weighted by molar-refractivity contribution is 5.83. The molecule has 0 aromatic rings. The Labute approximate surface area is 89.2 Å². The number of carbonyl (C=O) groups is 2. The van der Waals surface area contributed by atoms with Crippen LogP contribution in [0.5, 0.6) is 0 Å². The zero-order chi connectivity index (χ0) is 11.3. The standard InChI is InChI=1S/C10H18N2O3/c11-6-3-5-9(13)12-7-2-1-4-8(12)10(14)15/h8H,1-7,11H2,(H,14,15)/t8-/m1/s1. The molecule has 0 aromatic carbocycles. The van der Waals surface area contributed by atoms with Crippen LogP contribution >= 0.6 is 0 Å². The third-order valence-corrected chi connectivity index (χ3v) is 2.70. The van der Waals surface area contributed by atoms with Crippen LogP contribution in [0.1, 0.15) is 32.1 Å². The number of likely N-dealkylation sites (tertiary alicyclic amines) is 1. The number of rotatable bonds is 4. The molecule has 15 heavy (non-hydrogen) atoms. The molecule has 0 spiro atoms. The van der Waals surface area contributed by atoms with Crippen molar-refractivity contribution in [3.8, 4) is 0 Å². The van der Waals surface area contributed by atoms with Crippen molar-refractivity contribution in [2.75, 3.05) is 13.1 Å². The van der Waals surface area contributed by atoms with Crippen molar-refractivity contribution < 1.29 is 14.7 Å². The number of carboxylic acid groups (broad SMARTS) is 1. The van der Waals surface area contributed by atoms with Crippen molar-refractivity contribution in [1.82, 2.24) is 4.90 Å². The quantitative estimate of drug-likeness (QED) is 0.699. The first-order chi connectivity index (χ1) is 7.16. The predicted octanol–water partition coefficient (Wildman–Crippen LogP) is 0.191. The van der Waals surface area contributed by atoms with Crippen LogP contribution in [0, 0.1) is 0 Å². The summed E-state index contributed by atoms with van der Waals surface area (Å²) in [6.07, 6.45) is 3.35. The van der Waals surface area contributed by atoms with Gasteiger partial charge in [-0.2, -0.15) is 0 Å². The lowest BCUT2D eigenvalue weighted by atomic mass is 10.0. The SMILES string of the molecule is NCCCC(=O)N1CCCC[C@@H]1C(=O)O. The number of nitrogens with two attached hydrogens (primary N) is 1. The van der Waals surface area contributed by atoms with Crippen LogP contribution in [0.3, 0.4) is 0 Å². The van der Waals surface area contributed by atoms with Crippen molar-refractivity contribution >= 4 is 11.9 Å². The summed E-state index contributed by atoms with van der Waals surface area (Å²) < 4.78 is 0. The van der Waals surface area contributed by atoms with Crippen LogP contribution in [0.25, 0.3) is 0 Å². The molecule has 1 heterocycles. The van der Waals surface area contributed by atoms with Gasteiger partial charge in [-0.25, -0.2) is 4.79 Å². The van der Waals surface area contributed by atoms with E-state index in [-0.39, 0.29) is 5.91 Å². The smallest absolute Gasteiger partial charge is 0.326 e. The monoisotopic (exact) mass is 214 g/mol. The molecule has 3 N–H and O–H groups in total. The van der Waals surface area contributed by atoms with Crippen LogP contribution < -0.4 is 5.73 Å². The number of carboxylic acids is 1. The highest BCUT2D eigenvalue weighted by Gasteiger charge is 2.31. The van der Waals surface area contributed by atoms with Gasteiger partial charge in [0.2, 0.25) is 5.91 Å². The van der Waals surface area contributed by atoms with Gasteiger partial charge in [0, 0.05) is 13.0 Å². The van der Waals surface area contributed by atoms with E-state index in [1.54, 1.807) is 0 Å². The van der Waals surface area contributed by atoms with E-state index in [9.17, 15) is 9.59 Å². The minimum Gasteiger partial charge on any atom is -0.480 e. The molecule has 0 saturated carbocycles. The van der Waals surface area contributed by atoms with E-state index in [1.807, 2.05) is 0 Å². The third kappa shape index (κ3) is 3.20. The van der Waals surface area contributed by atoms with Crippen LogP contribution in [0.4, 0.5) is 0 Å². The molecule has 0 aromatic heterocycles. The van der Waals surface area contributed by atoms with Crippen molar-refractivity contribution in [2.24, 2.45) is 5.73 Å². The fraction of sp³-hybridized carbons (Fsp3) is 0.800. The number of hydrogen-bond donors (Lipinski definition) is 2. The Morgan fingerprint density at radius 3 is 2.73 bits per heavy atom. The molecular weight excluding hydrogens is 196 g/mol. The maximum Gasteiger partial charge on any atom is 0.326 e. The van der Waals surface area contributed by atoms with E-state index >= 15 is 0 Å². The summed E-state index contributed by atoms with van der Waals surface area (Å²) in [7, 11) is 0. The number of carbonyl (C=O) groups excluding carboxylic acids is 1. The van der Waals surface area contributed by atoms with Crippen molar-refractivity contribution in [1.29, 1.82) is 0 Å². The minimum absolute atomic E-state index is 0.0763. The van der Waals surface area contributed by atoms with Gasteiger partial charge >= 0.3 is 5.97 Å². The summed E-state index contributed by atoms with van der Waals surface area (Å²) in [4.78, 5) is 24.1. The van der Waals surface area contributed by atoms with Gasteiger partial charge in [0.25, 0.3) is 0 Å². The maximum absolute atomic E-state index is 11.7. The van der Waals surface area contributed by atoms with Gasteiger partial charge in [0.15, 0.2) is 0 Å². The zero-order valence-corrected chi connectivity index (χ0v) is 8.82. The number of amides is 1. The molecule has 0 unspecified atom stereocenters. The first-order valence-electron chi connectivity index (χ1n) is 5.39. The highest BCUT2D eigenvalue weighted by Crippen LogP contribution is 2.18. The maximum atomic E-state index is 11.7. The van der Waals surface area contributed by atoms with E-state index in [1.165, 1.54) is 4.90 Å². The van der Waals surface area contributed by atoms with Gasteiger partial charge < -0.3 is 15.7 Å². The Balaban J connectivity index is 2.55. The van der Waals surface area contributed by atoms with E-state index in [0.717, 1.165) is 12.8 Å². The molecular formula is C10H18N2O3. The van der Waals surface area contributed by atoms with Crippen LogP contribution in [-0.2, 0) is 9.59 Å². The Morgan fingerprint density at radius 2 is 2.13 bits per heavy atom. The summed E-state index contributed by atoms with van der Waals surface area (Å²) in [6, 6.07) is -0.621. The summed E-state index contributed by atoms with van der Waals surface area (Å²) in [5, 5.41) is 8.96. The molecule has 5 nitrogen and oxygen atoms in total. The first kappa shape index (κ1) is 12.0. The van der Waals surface area contributed by atoms with Gasteiger partial charge in [0.1, 0.15) is 6.04 Å². The van der Waals surface area contributed by atoms with Crippen LogP contribution in [0.15, 0.2) is 0 Å². The molecule has 86 valence electrons. The number of piperidine rings is 1. The summed E-state index contributed by atoms with van der Waals surface area (Å²) in [5.74, 6) is -0.969. The lowest BCUT2D eigenvalue weighted by molar-refractivity contribution is -0.152. The Bertz CT molecular complexity index is 243. The second kappa shape index (κ2) is 5.70. The van der Waals surface area contributed by atoms with E-state index in [0.29, 0.717) is 32.4 Å².